The zero-order chi connectivity index (χ0) is 14.4. The maximum Gasteiger partial charge on any atom is 0.209 e. The van der Waals surface area contributed by atoms with Gasteiger partial charge in [0, 0.05) is 22.0 Å². The smallest absolute Gasteiger partial charge is 0.209 e. The van der Waals surface area contributed by atoms with Crippen molar-refractivity contribution >= 4 is 22.4 Å². The number of carbonyl (C=O) groups excluding carboxylic acids is 1. The third kappa shape index (κ3) is 1.96. The molecular weight excluding hydrogens is 262 g/mol. The maximum atomic E-state index is 12.6. The summed E-state index contributed by atoms with van der Waals surface area (Å²) in [6, 6.07) is 13.6. The molecule has 2 aromatic carbocycles. The van der Waals surface area contributed by atoms with Crippen LogP contribution in [0.3, 0.4) is 0 Å². The van der Waals surface area contributed by atoms with E-state index < -0.39 is 0 Å². The van der Waals surface area contributed by atoms with Gasteiger partial charge in [0.15, 0.2) is 0 Å². The van der Waals surface area contributed by atoms with Crippen molar-refractivity contribution in [1.29, 1.82) is 0 Å². The van der Waals surface area contributed by atoms with Crippen LogP contribution in [-0.2, 0) is 6.54 Å². The van der Waals surface area contributed by atoms with Gasteiger partial charge in [0.05, 0.1) is 17.9 Å². The van der Waals surface area contributed by atoms with Crippen LogP contribution < -0.4 is 0 Å². The van der Waals surface area contributed by atoms with Crippen LogP contribution in [0.2, 0.25) is 0 Å². The summed E-state index contributed by atoms with van der Waals surface area (Å²) < 4.78 is 0. The molecule has 0 radical (unpaired) electrons. The van der Waals surface area contributed by atoms with Crippen LogP contribution in [-0.4, -0.2) is 10.8 Å². The molecule has 0 spiro atoms. The van der Waals surface area contributed by atoms with Gasteiger partial charge < -0.3 is 4.98 Å². The van der Waals surface area contributed by atoms with E-state index in [9.17, 15) is 4.79 Å². The fourth-order valence-electron chi connectivity index (χ4n) is 2.65. The highest BCUT2D eigenvalue weighted by molar-refractivity contribution is 6.10. The van der Waals surface area contributed by atoms with Crippen molar-refractivity contribution in [2.24, 2.45) is 10.2 Å². The van der Waals surface area contributed by atoms with Gasteiger partial charge in [0.1, 0.15) is 0 Å². The van der Waals surface area contributed by atoms with Gasteiger partial charge in [-0.05, 0) is 31.2 Å². The molecule has 0 saturated heterocycles. The number of nitrogens with zero attached hydrogens (tertiary/aromatic N) is 2. The number of H-pyrrole nitrogens is 1. The monoisotopic (exact) mass is 275 g/mol. The fourth-order valence-corrected chi connectivity index (χ4v) is 2.65. The Balaban J connectivity index is 1.77. The Bertz CT molecular complexity index is 906. The molecule has 1 N–H and O–H groups in total. The number of ketones is 1. The van der Waals surface area contributed by atoms with Crippen molar-refractivity contribution < 1.29 is 4.79 Å². The zero-order valence-electron chi connectivity index (χ0n) is 11.6. The second-order valence-corrected chi connectivity index (χ2v) is 5.35. The van der Waals surface area contributed by atoms with Gasteiger partial charge in [-0.15, -0.1) is 0 Å². The van der Waals surface area contributed by atoms with Gasteiger partial charge in [-0.25, -0.2) is 0 Å². The van der Waals surface area contributed by atoms with Crippen LogP contribution in [0.5, 0.6) is 0 Å². The Hall–Kier alpha value is -2.75. The maximum absolute atomic E-state index is 12.6. The van der Waals surface area contributed by atoms with Gasteiger partial charge in [0.2, 0.25) is 5.78 Å². The average molecular weight is 275 g/mol. The first-order chi connectivity index (χ1) is 10.2. The molecule has 0 fully saturated rings. The number of aryl methyl sites for hydroxylation is 1. The molecule has 4 nitrogen and oxygen atoms in total. The fraction of sp³-hybridized carbons (Fsp3) is 0.118. The highest BCUT2D eigenvalue weighted by Crippen LogP contribution is 2.28. The standard InChI is InChI=1S/C17H13N3O/c1-10-2-5-14-13(6-10)8-16(19-14)17(21)11-3-4-12-9-18-20-15(12)7-11/h2-8,19H,9H2,1H3. The molecule has 4 heteroatoms. The first-order valence-corrected chi connectivity index (χ1v) is 6.85. The SMILES string of the molecule is Cc1ccc2[nH]c(C(=O)c3ccc4c(c3)N=NC4)cc2c1. The number of aromatic amines is 1. The molecule has 0 saturated carbocycles. The van der Waals surface area contributed by atoms with Crippen LogP contribution in [0, 0.1) is 6.92 Å². The highest BCUT2D eigenvalue weighted by atomic mass is 16.1. The molecule has 1 aromatic heterocycles. The molecule has 3 aromatic rings. The Kier molecular flexibility index (Phi) is 2.51. The van der Waals surface area contributed by atoms with Gasteiger partial charge >= 0.3 is 0 Å². The van der Waals surface area contributed by atoms with Gasteiger partial charge in [-0.2, -0.15) is 10.2 Å². The molecule has 0 atom stereocenters. The molecule has 1 aliphatic heterocycles. The van der Waals surface area contributed by atoms with Crippen LogP contribution in [0.15, 0.2) is 52.7 Å². The third-order valence-electron chi connectivity index (χ3n) is 3.79. The molecule has 0 aliphatic carbocycles. The summed E-state index contributed by atoms with van der Waals surface area (Å²) >= 11 is 0. The first kappa shape index (κ1) is 12.0. The van der Waals surface area contributed by atoms with Crippen LogP contribution in [0.4, 0.5) is 5.69 Å². The topological polar surface area (TPSA) is 57.6 Å². The normalized spacial score (nSPS) is 12.8. The van der Waals surface area contributed by atoms with Gasteiger partial charge in [-0.1, -0.05) is 23.8 Å². The van der Waals surface area contributed by atoms with E-state index in [1.54, 1.807) is 0 Å². The molecular formula is C17H13N3O. The van der Waals surface area contributed by atoms with E-state index in [4.69, 9.17) is 0 Å². The van der Waals surface area contributed by atoms with Gasteiger partial charge in [0.25, 0.3) is 0 Å². The van der Waals surface area contributed by atoms with E-state index in [-0.39, 0.29) is 5.78 Å². The molecule has 21 heavy (non-hydrogen) atoms. The number of carbonyl (C=O) groups is 1. The third-order valence-corrected chi connectivity index (χ3v) is 3.79. The van der Waals surface area contributed by atoms with E-state index in [1.165, 1.54) is 5.56 Å². The molecule has 4 rings (SSSR count). The summed E-state index contributed by atoms with van der Waals surface area (Å²) in [5, 5.41) is 9.08. The van der Waals surface area contributed by atoms with E-state index in [1.807, 2.05) is 43.3 Å². The second kappa shape index (κ2) is 4.38. The van der Waals surface area contributed by atoms with E-state index in [2.05, 4.69) is 21.3 Å². The molecule has 0 bridgehead atoms. The number of nitrogens with one attached hydrogen (secondary N) is 1. The van der Waals surface area contributed by atoms with Crippen LogP contribution in [0.1, 0.15) is 27.2 Å². The molecule has 1 aliphatic rings. The summed E-state index contributed by atoms with van der Waals surface area (Å²) in [5.74, 6) is -0.0197. The van der Waals surface area contributed by atoms with Crippen LogP contribution >= 0.6 is 0 Å². The molecule has 0 amide bonds. The van der Waals surface area contributed by atoms with Crippen molar-refractivity contribution in [2.75, 3.05) is 0 Å². The van der Waals surface area contributed by atoms with Crippen molar-refractivity contribution in [1.82, 2.24) is 4.98 Å². The minimum atomic E-state index is -0.0197. The number of fused-ring (bicyclic) bond motifs is 2. The van der Waals surface area contributed by atoms with Crippen molar-refractivity contribution in [3.05, 3.63) is 64.8 Å². The number of benzene rings is 2. The van der Waals surface area contributed by atoms with Crippen LogP contribution in [0.25, 0.3) is 10.9 Å². The average Bonchev–Trinajstić information content (AvgIpc) is 3.11. The predicted octanol–water partition coefficient (Wildman–Crippen LogP) is 4.30. The molecule has 102 valence electrons. The molecule has 0 unspecified atom stereocenters. The number of hydrogen-bond acceptors (Lipinski definition) is 3. The number of hydrogen-bond donors (Lipinski definition) is 1. The Morgan fingerprint density at radius 3 is 2.95 bits per heavy atom. The number of rotatable bonds is 2. The zero-order valence-corrected chi connectivity index (χ0v) is 11.6. The summed E-state index contributed by atoms with van der Waals surface area (Å²) in [6.07, 6.45) is 0. The van der Waals surface area contributed by atoms with Crippen molar-refractivity contribution in [3.8, 4) is 0 Å². The quantitative estimate of drug-likeness (QED) is 0.696. The Morgan fingerprint density at radius 2 is 2.05 bits per heavy atom. The highest BCUT2D eigenvalue weighted by Gasteiger charge is 2.15. The second-order valence-electron chi connectivity index (χ2n) is 5.35. The van der Waals surface area contributed by atoms with Crippen molar-refractivity contribution in [2.45, 2.75) is 13.5 Å². The lowest BCUT2D eigenvalue weighted by Crippen LogP contribution is -2.01. The lowest BCUT2D eigenvalue weighted by atomic mass is 10.0. The predicted molar refractivity (Wildman–Crippen MR) is 81.1 cm³/mol. The lowest BCUT2D eigenvalue weighted by Gasteiger charge is -2.00. The number of azo groups is 1. The minimum absolute atomic E-state index is 0.0197. The minimum Gasteiger partial charge on any atom is -0.352 e. The van der Waals surface area contributed by atoms with E-state index >= 15 is 0 Å². The summed E-state index contributed by atoms with van der Waals surface area (Å²) in [5.41, 5.74) is 5.26. The summed E-state index contributed by atoms with van der Waals surface area (Å²) in [7, 11) is 0. The lowest BCUT2D eigenvalue weighted by molar-refractivity contribution is 0.103. The first-order valence-electron chi connectivity index (χ1n) is 6.85. The van der Waals surface area contributed by atoms with Gasteiger partial charge in [-0.3, -0.25) is 4.79 Å². The number of aromatic nitrogens is 1. The van der Waals surface area contributed by atoms with E-state index in [0.717, 1.165) is 22.2 Å². The summed E-state index contributed by atoms with van der Waals surface area (Å²) in [4.78, 5) is 15.8. The Labute approximate surface area is 121 Å². The largest absolute Gasteiger partial charge is 0.352 e. The van der Waals surface area contributed by atoms with E-state index in [0.29, 0.717) is 17.8 Å². The molecule has 2 heterocycles. The summed E-state index contributed by atoms with van der Waals surface area (Å²) in [6.45, 7) is 2.65. The van der Waals surface area contributed by atoms with Crippen molar-refractivity contribution in [3.63, 3.8) is 0 Å². The Morgan fingerprint density at radius 1 is 1.14 bits per heavy atom.